The smallest absolute Gasteiger partial charge is 0.302 e. The van der Waals surface area contributed by atoms with Crippen LogP contribution in [-0.4, -0.2) is 44.2 Å². The third-order valence-corrected chi connectivity index (χ3v) is 5.11. The van der Waals surface area contributed by atoms with Crippen molar-refractivity contribution in [3.05, 3.63) is 42.0 Å². The number of rotatable bonds is 9. The molecule has 0 amide bonds. The molecule has 24 heavy (non-hydrogen) atoms. The first kappa shape index (κ1) is 20.1. The molecule has 132 valence electrons. The number of esters is 1. The number of carbonyl (C=O) groups excluding carboxylic acids is 2. The van der Waals surface area contributed by atoms with Crippen LogP contribution in [0.4, 0.5) is 0 Å². The summed E-state index contributed by atoms with van der Waals surface area (Å²) in [6.45, 7) is 4.89. The van der Waals surface area contributed by atoms with Crippen LogP contribution in [-0.2, 0) is 24.3 Å². The summed E-state index contributed by atoms with van der Waals surface area (Å²) in [5.74, 6) is -0.483. The summed E-state index contributed by atoms with van der Waals surface area (Å²) in [7, 11) is -3.69. The summed E-state index contributed by atoms with van der Waals surface area (Å²) >= 11 is 0. The molecule has 0 radical (unpaired) electrons. The molecule has 7 heteroatoms. The van der Waals surface area contributed by atoms with E-state index in [1.165, 1.54) is 18.2 Å². The van der Waals surface area contributed by atoms with Crippen molar-refractivity contribution >= 4 is 21.8 Å². The molecular formula is C17H23NO5S. The fourth-order valence-electron chi connectivity index (χ4n) is 1.88. The van der Waals surface area contributed by atoms with Crippen molar-refractivity contribution in [1.82, 2.24) is 4.31 Å². The Morgan fingerprint density at radius 2 is 1.75 bits per heavy atom. The lowest BCUT2D eigenvalue weighted by Crippen LogP contribution is -2.33. The van der Waals surface area contributed by atoms with Gasteiger partial charge in [-0.3, -0.25) is 9.59 Å². The molecule has 0 bridgehead atoms. The predicted octanol–water partition coefficient (Wildman–Crippen LogP) is 2.08. The molecule has 1 aromatic carbocycles. The maximum atomic E-state index is 12.7. The number of ether oxygens (including phenoxy) is 1. The number of sulfonamides is 1. The molecule has 0 saturated carbocycles. The predicted molar refractivity (Wildman–Crippen MR) is 91.0 cm³/mol. The highest BCUT2D eigenvalue weighted by Gasteiger charge is 2.23. The first-order valence-electron chi connectivity index (χ1n) is 7.58. The molecule has 6 nitrogen and oxygen atoms in total. The molecular weight excluding hydrogens is 330 g/mol. The van der Waals surface area contributed by atoms with Gasteiger partial charge in [-0.25, -0.2) is 8.42 Å². The molecule has 0 spiro atoms. The molecule has 0 atom stereocenters. The average molecular weight is 353 g/mol. The zero-order valence-electron chi connectivity index (χ0n) is 14.2. The summed E-state index contributed by atoms with van der Waals surface area (Å²) in [6.07, 6.45) is 3.32. The summed E-state index contributed by atoms with van der Waals surface area (Å²) in [5, 5.41) is 0. The zero-order valence-corrected chi connectivity index (χ0v) is 15.0. The van der Waals surface area contributed by atoms with Crippen molar-refractivity contribution in [1.29, 1.82) is 0 Å². The van der Waals surface area contributed by atoms with Gasteiger partial charge in [0.1, 0.15) is 12.4 Å². The van der Waals surface area contributed by atoms with Crippen molar-refractivity contribution in [2.45, 2.75) is 32.1 Å². The van der Waals surface area contributed by atoms with Gasteiger partial charge in [-0.1, -0.05) is 23.8 Å². The SMILES string of the molecule is CC(=O)CCN(C/C=C/COC(C)=O)S(=O)(=O)c1ccc(C)cc1. The van der Waals surface area contributed by atoms with E-state index in [1.807, 2.05) is 6.92 Å². The van der Waals surface area contributed by atoms with Crippen LogP contribution in [0.2, 0.25) is 0 Å². The number of aryl methyl sites for hydroxylation is 1. The van der Waals surface area contributed by atoms with Crippen molar-refractivity contribution in [2.24, 2.45) is 0 Å². The Balaban J connectivity index is 2.88. The van der Waals surface area contributed by atoms with Crippen LogP contribution in [0.25, 0.3) is 0 Å². The monoisotopic (exact) mass is 353 g/mol. The van der Waals surface area contributed by atoms with Gasteiger partial charge in [0.2, 0.25) is 10.0 Å². The molecule has 0 fully saturated rings. The van der Waals surface area contributed by atoms with Gasteiger partial charge in [-0.05, 0) is 32.1 Å². The van der Waals surface area contributed by atoms with Gasteiger partial charge >= 0.3 is 5.97 Å². The fourth-order valence-corrected chi connectivity index (χ4v) is 3.27. The molecule has 0 aliphatic heterocycles. The van der Waals surface area contributed by atoms with E-state index in [2.05, 4.69) is 0 Å². The summed E-state index contributed by atoms with van der Waals surface area (Å²) in [6, 6.07) is 6.56. The van der Waals surface area contributed by atoms with E-state index in [0.717, 1.165) is 5.56 Å². The van der Waals surface area contributed by atoms with Crippen molar-refractivity contribution in [2.75, 3.05) is 19.7 Å². The average Bonchev–Trinajstić information content (AvgIpc) is 2.49. The molecule has 0 saturated heterocycles. The normalized spacial score (nSPS) is 11.8. The molecule has 1 rings (SSSR count). The number of Topliss-reactive ketones (excluding diaryl/α,β-unsaturated/α-hetero) is 1. The lowest BCUT2D eigenvalue weighted by molar-refractivity contribution is -0.139. The van der Waals surface area contributed by atoms with E-state index in [4.69, 9.17) is 4.74 Å². The van der Waals surface area contributed by atoms with Gasteiger partial charge < -0.3 is 4.74 Å². The Labute approximate surface area is 143 Å². The Hall–Kier alpha value is -1.99. The number of hydrogen-bond acceptors (Lipinski definition) is 5. The minimum atomic E-state index is -3.69. The highest BCUT2D eigenvalue weighted by molar-refractivity contribution is 7.89. The third kappa shape index (κ3) is 6.64. The Bertz CT molecular complexity index is 692. The lowest BCUT2D eigenvalue weighted by atomic mass is 10.2. The minimum Gasteiger partial charge on any atom is -0.462 e. The number of nitrogens with zero attached hydrogens (tertiary/aromatic N) is 1. The van der Waals surface area contributed by atoms with Gasteiger partial charge in [-0.15, -0.1) is 0 Å². The molecule has 0 N–H and O–H groups in total. The second-order valence-electron chi connectivity index (χ2n) is 5.40. The Morgan fingerprint density at radius 3 is 2.29 bits per heavy atom. The maximum Gasteiger partial charge on any atom is 0.302 e. The van der Waals surface area contributed by atoms with E-state index in [0.29, 0.717) is 0 Å². The molecule has 0 aliphatic rings. The van der Waals surface area contributed by atoms with Crippen LogP contribution < -0.4 is 0 Å². The second-order valence-corrected chi connectivity index (χ2v) is 7.34. The fraction of sp³-hybridized carbons (Fsp3) is 0.412. The van der Waals surface area contributed by atoms with Crippen molar-refractivity contribution in [3.8, 4) is 0 Å². The topological polar surface area (TPSA) is 80.8 Å². The highest BCUT2D eigenvalue weighted by atomic mass is 32.2. The lowest BCUT2D eigenvalue weighted by Gasteiger charge is -2.20. The van der Waals surface area contributed by atoms with Gasteiger partial charge in [0, 0.05) is 26.4 Å². The Morgan fingerprint density at radius 1 is 1.12 bits per heavy atom. The third-order valence-electron chi connectivity index (χ3n) is 3.23. The van der Waals surface area contributed by atoms with Crippen LogP contribution >= 0.6 is 0 Å². The van der Waals surface area contributed by atoms with E-state index in [1.54, 1.807) is 36.4 Å². The van der Waals surface area contributed by atoms with E-state index < -0.39 is 16.0 Å². The zero-order chi connectivity index (χ0) is 18.2. The van der Waals surface area contributed by atoms with Crippen LogP contribution in [0.1, 0.15) is 25.8 Å². The van der Waals surface area contributed by atoms with Crippen molar-refractivity contribution in [3.63, 3.8) is 0 Å². The van der Waals surface area contributed by atoms with Gasteiger partial charge in [0.05, 0.1) is 4.90 Å². The molecule has 1 aromatic rings. The van der Waals surface area contributed by atoms with Crippen LogP contribution in [0, 0.1) is 6.92 Å². The van der Waals surface area contributed by atoms with Crippen LogP contribution in [0.3, 0.4) is 0 Å². The summed E-state index contributed by atoms with van der Waals surface area (Å²) < 4.78 is 31.4. The van der Waals surface area contributed by atoms with Crippen molar-refractivity contribution < 1.29 is 22.7 Å². The number of ketones is 1. The number of benzene rings is 1. The quantitative estimate of drug-likeness (QED) is 0.501. The standard InChI is InChI=1S/C17H23NO5S/c1-14-6-8-17(9-7-14)24(21,22)18(12-10-15(2)19)11-4-5-13-23-16(3)20/h4-9H,10-13H2,1-3H3/b5-4+. The van der Waals surface area contributed by atoms with Gasteiger partial charge in [-0.2, -0.15) is 4.31 Å². The maximum absolute atomic E-state index is 12.7. The van der Waals surface area contributed by atoms with E-state index in [9.17, 15) is 18.0 Å². The summed E-state index contributed by atoms with van der Waals surface area (Å²) in [4.78, 5) is 22.1. The van der Waals surface area contributed by atoms with Gasteiger partial charge in [0.15, 0.2) is 0 Å². The first-order valence-corrected chi connectivity index (χ1v) is 9.02. The van der Waals surface area contributed by atoms with E-state index >= 15 is 0 Å². The van der Waals surface area contributed by atoms with E-state index in [-0.39, 0.29) is 36.8 Å². The Kier molecular flexibility index (Phi) is 7.81. The first-order chi connectivity index (χ1) is 11.2. The molecule has 0 aromatic heterocycles. The van der Waals surface area contributed by atoms with Gasteiger partial charge in [0.25, 0.3) is 0 Å². The summed E-state index contributed by atoms with van der Waals surface area (Å²) in [5.41, 5.74) is 0.963. The highest BCUT2D eigenvalue weighted by Crippen LogP contribution is 2.17. The number of hydrogen-bond donors (Lipinski definition) is 0. The van der Waals surface area contributed by atoms with Crippen LogP contribution in [0.5, 0.6) is 0 Å². The molecule has 0 unspecified atom stereocenters. The molecule has 0 heterocycles. The molecule has 0 aliphatic carbocycles. The largest absolute Gasteiger partial charge is 0.462 e. The van der Waals surface area contributed by atoms with Crippen LogP contribution in [0.15, 0.2) is 41.3 Å². The number of carbonyl (C=O) groups is 2. The second kappa shape index (κ2) is 9.34. The minimum absolute atomic E-state index is 0.0806.